The summed E-state index contributed by atoms with van der Waals surface area (Å²) in [6.45, 7) is 0. The largest absolute Gasteiger partial charge is 0.326 e. The number of imide groups is 1. The number of aromatic nitrogens is 1. The molecule has 1 aromatic heterocycles. The van der Waals surface area contributed by atoms with Gasteiger partial charge in [-0.1, -0.05) is 58.5 Å². The number of urea groups is 1. The zero-order valence-corrected chi connectivity index (χ0v) is 18.9. The molecule has 0 fully saturated rings. The van der Waals surface area contributed by atoms with Crippen molar-refractivity contribution in [3.8, 4) is 0 Å². The van der Waals surface area contributed by atoms with Gasteiger partial charge in [0.15, 0.2) is 0 Å². The molecule has 3 rings (SSSR count). The second-order valence-electron chi connectivity index (χ2n) is 5.93. The molecule has 0 aliphatic heterocycles. The summed E-state index contributed by atoms with van der Waals surface area (Å²) >= 11 is 25.4. The van der Waals surface area contributed by atoms with E-state index in [-0.39, 0.29) is 15.6 Å². The summed E-state index contributed by atoms with van der Waals surface area (Å²) in [4.78, 5) is 28.6. The lowest BCUT2D eigenvalue weighted by molar-refractivity contribution is 0.0967. The molecule has 30 heavy (non-hydrogen) atoms. The molecule has 10 heteroatoms. The highest BCUT2D eigenvalue weighted by Crippen LogP contribution is 2.27. The average molecular weight is 501 g/mol. The first kappa shape index (κ1) is 22.7. The molecule has 0 bridgehead atoms. The molecular formula is C20H13Cl4N3O2S. The topological polar surface area (TPSA) is 71.1 Å². The van der Waals surface area contributed by atoms with Gasteiger partial charge in [-0.15, -0.1) is 11.8 Å². The Kier molecular flexibility index (Phi) is 7.86. The Labute approximate surface area is 197 Å². The molecule has 0 aliphatic carbocycles. The second-order valence-corrected chi connectivity index (χ2v) is 8.55. The Morgan fingerprint density at radius 3 is 2.27 bits per heavy atom. The zero-order chi connectivity index (χ0) is 21.7. The average Bonchev–Trinajstić information content (AvgIpc) is 2.69. The molecule has 154 valence electrons. The predicted octanol–water partition coefficient (Wildman–Crippen LogP) is 6.95. The minimum Gasteiger partial charge on any atom is -0.306 e. The Morgan fingerprint density at radius 1 is 0.900 bits per heavy atom. The molecule has 0 unspecified atom stereocenters. The first-order valence-electron chi connectivity index (χ1n) is 8.42. The third-order valence-corrected chi connectivity index (χ3v) is 6.17. The Hall–Kier alpha value is -1.96. The third-order valence-electron chi connectivity index (χ3n) is 3.78. The van der Waals surface area contributed by atoms with Crippen molar-refractivity contribution < 1.29 is 9.59 Å². The monoisotopic (exact) mass is 499 g/mol. The van der Waals surface area contributed by atoms with E-state index >= 15 is 0 Å². The van der Waals surface area contributed by atoms with Crippen LogP contribution in [0.5, 0.6) is 0 Å². The minimum atomic E-state index is -0.728. The number of hydrogen-bond acceptors (Lipinski definition) is 4. The molecule has 0 saturated carbocycles. The smallest absolute Gasteiger partial charge is 0.306 e. The van der Waals surface area contributed by atoms with Crippen molar-refractivity contribution in [2.45, 2.75) is 10.8 Å². The molecular weight excluding hydrogens is 488 g/mol. The summed E-state index contributed by atoms with van der Waals surface area (Å²) in [6.07, 6.45) is 1.49. The van der Waals surface area contributed by atoms with Crippen molar-refractivity contribution in [3.63, 3.8) is 0 Å². The van der Waals surface area contributed by atoms with Crippen LogP contribution in [0.15, 0.2) is 59.8 Å². The van der Waals surface area contributed by atoms with Crippen molar-refractivity contribution in [2.24, 2.45) is 0 Å². The van der Waals surface area contributed by atoms with Crippen LogP contribution >= 0.6 is 58.2 Å². The number of nitrogens with zero attached hydrogens (tertiary/aromatic N) is 1. The lowest BCUT2D eigenvalue weighted by atomic mass is 10.2. The highest BCUT2D eigenvalue weighted by molar-refractivity contribution is 7.98. The summed E-state index contributed by atoms with van der Waals surface area (Å²) in [5.74, 6) is -0.0468. The van der Waals surface area contributed by atoms with Crippen LogP contribution in [0.3, 0.4) is 0 Å². The normalized spacial score (nSPS) is 10.5. The van der Waals surface area contributed by atoms with Crippen LogP contribution in [0.25, 0.3) is 0 Å². The molecule has 2 N–H and O–H groups in total. The fourth-order valence-electron chi connectivity index (χ4n) is 2.37. The molecule has 3 amide bonds. The van der Waals surface area contributed by atoms with Gasteiger partial charge < -0.3 is 5.32 Å². The van der Waals surface area contributed by atoms with E-state index in [1.165, 1.54) is 30.1 Å². The molecule has 0 atom stereocenters. The van der Waals surface area contributed by atoms with Crippen LogP contribution in [0.4, 0.5) is 10.5 Å². The molecule has 3 aromatic rings. The highest BCUT2D eigenvalue weighted by Gasteiger charge is 2.17. The van der Waals surface area contributed by atoms with E-state index in [2.05, 4.69) is 15.6 Å². The fourth-order valence-corrected chi connectivity index (χ4v) is 4.04. The maximum atomic E-state index is 12.2. The van der Waals surface area contributed by atoms with Crippen molar-refractivity contribution in [1.29, 1.82) is 0 Å². The Bertz CT molecular complexity index is 1070. The second kappa shape index (κ2) is 10.4. The number of amides is 3. The minimum absolute atomic E-state index is 0.0307. The number of halogens is 4. The van der Waals surface area contributed by atoms with Crippen molar-refractivity contribution >= 4 is 75.8 Å². The van der Waals surface area contributed by atoms with Crippen molar-refractivity contribution in [3.05, 3.63) is 85.9 Å². The first-order valence-corrected chi connectivity index (χ1v) is 10.9. The number of carbonyl (C=O) groups is 2. The molecule has 2 aromatic carbocycles. The maximum Gasteiger partial charge on any atom is 0.326 e. The number of carbonyl (C=O) groups excluding carboxylic acids is 2. The summed E-state index contributed by atoms with van der Waals surface area (Å²) in [7, 11) is 0. The van der Waals surface area contributed by atoms with Crippen LogP contribution in [0.1, 0.15) is 15.9 Å². The number of pyridine rings is 1. The van der Waals surface area contributed by atoms with Gasteiger partial charge in [-0.2, -0.15) is 0 Å². The first-order chi connectivity index (χ1) is 14.3. The summed E-state index contributed by atoms with van der Waals surface area (Å²) < 4.78 is 0. The van der Waals surface area contributed by atoms with Crippen LogP contribution in [0, 0.1) is 0 Å². The summed E-state index contributed by atoms with van der Waals surface area (Å²) in [5.41, 5.74) is 1.46. The maximum absolute atomic E-state index is 12.2. The van der Waals surface area contributed by atoms with E-state index in [0.717, 1.165) is 10.6 Å². The van der Waals surface area contributed by atoms with Crippen molar-refractivity contribution in [1.82, 2.24) is 10.3 Å². The molecule has 0 spiro atoms. The fraction of sp³-hybridized carbons (Fsp3) is 0.0500. The standard InChI is InChI=1S/C20H13Cl4N3O2S/c21-13-6-4-11(8-16(13)24)10-30-17-7-5-12(9-25-17)26-20(29)27-19(28)18-14(22)2-1-3-15(18)23/h1-9H,10H2,(H2,26,27,28,29). The highest BCUT2D eigenvalue weighted by atomic mass is 35.5. The van der Waals surface area contributed by atoms with E-state index in [1.54, 1.807) is 30.3 Å². The van der Waals surface area contributed by atoms with Gasteiger partial charge in [0.25, 0.3) is 5.91 Å². The quantitative estimate of drug-likeness (QED) is 0.372. The van der Waals surface area contributed by atoms with Crippen LogP contribution < -0.4 is 10.6 Å². The lowest BCUT2D eigenvalue weighted by Gasteiger charge is -2.09. The van der Waals surface area contributed by atoms with E-state index in [9.17, 15) is 9.59 Å². The van der Waals surface area contributed by atoms with E-state index in [1.807, 2.05) is 6.07 Å². The van der Waals surface area contributed by atoms with Crippen molar-refractivity contribution in [2.75, 3.05) is 5.32 Å². The van der Waals surface area contributed by atoms with Gasteiger partial charge in [0.1, 0.15) is 0 Å². The number of thioether (sulfide) groups is 1. The van der Waals surface area contributed by atoms with E-state index < -0.39 is 11.9 Å². The van der Waals surface area contributed by atoms with Crippen LogP contribution in [-0.4, -0.2) is 16.9 Å². The molecule has 0 radical (unpaired) electrons. The zero-order valence-electron chi connectivity index (χ0n) is 15.1. The molecule has 5 nitrogen and oxygen atoms in total. The van der Waals surface area contributed by atoms with Gasteiger partial charge in [-0.25, -0.2) is 9.78 Å². The van der Waals surface area contributed by atoms with Gasteiger partial charge in [-0.3, -0.25) is 10.1 Å². The predicted molar refractivity (Wildman–Crippen MR) is 123 cm³/mol. The van der Waals surface area contributed by atoms with Gasteiger partial charge >= 0.3 is 6.03 Å². The van der Waals surface area contributed by atoms with Gasteiger partial charge in [0, 0.05) is 5.75 Å². The van der Waals surface area contributed by atoms with Crippen LogP contribution in [0.2, 0.25) is 20.1 Å². The number of anilines is 1. The van der Waals surface area contributed by atoms with Gasteiger partial charge in [0.2, 0.25) is 0 Å². The van der Waals surface area contributed by atoms with Crippen LogP contribution in [-0.2, 0) is 5.75 Å². The number of benzene rings is 2. The van der Waals surface area contributed by atoms with E-state index in [0.29, 0.717) is 21.5 Å². The van der Waals surface area contributed by atoms with Gasteiger partial charge in [0.05, 0.1) is 42.6 Å². The number of hydrogen-bond donors (Lipinski definition) is 2. The summed E-state index contributed by atoms with van der Waals surface area (Å²) in [5, 5.41) is 6.78. The Balaban J connectivity index is 1.55. The Morgan fingerprint density at radius 2 is 1.63 bits per heavy atom. The van der Waals surface area contributed by atoms with E-state index in [4.69, 9.17) is 46.4 Å². The van der Waals surface area contributed by atoms with Gasteiger partial charge in [-0.05, 0) is 42.0 Å². The SMILES string of the molecule is O=C(NC(=O)c1c(Cl)cccc1Cl)Nc1ccc(SCc2ccc(Cl)c(Cl)c2)nc1. The lowest BCUT2D eigenvalue weighted by Crippen LogP contribution is -2.34. The molecule has 0 saturated heterocycles. The molecule has 1 heterocycles. The third kappa shape index (κ3) is 6.03. The number of nitrogens with one attached hydrogen (secondary N) is 2. The number of rotatable bonds is 5. The summed E-state index contributed by atoms with van der Waals surface area (Å²) in [6, 6.07) is 12.8. The molecule has 0 aliphatic rings.